The molecule has 3 unspecified atom stereocenters. The van der Waals surface area contributed by atoms with Crippen LogP contribution >= 0.6 is 0 Å². The molecule has 0 radical (unpaired) electrons. The Hall–Kier alpha value is -1.06. The summed E-state index contributed by atoms with van der Waals surface area (Å²) in [7, 11) is 0. The molecule has 2 rings (SSSR count). The summed E-state index contributed by atoms with van der Waals surface area (Å²) in [4.78, 5) is 24.0. The quantitative estimate of drug-likeness (QED) is 0.576. The van der Waals surface area contributed by atoms with Crippen LogP contribution in [0.1, 0.15) is 65.2 Å². The zero-order chi connectivity index (χ0) is 14.6. The van der Waals surface area contributed by atoms with Crippen LogP contribution in [0.2, 0.25) is 0 Å². The second-order valence-corrected chi connectivity index (χ2v) is 6.36. The molecule has 1 heterocycles. The molecule has 2 bridgehead atoms. The predicted molar refractivity (Wildman–Crippen MR) is 77.1 cm³/mol. The van der Waals surface area contributed by atoms with Crippen LogP contribution in [0.5, 0.6) is 0 Å². The summed E-state index contributed by atoms with van der Waals surface area (Å²) in [6, 6.07) is 0. The molecule has 1 aliphatic carbocycles. The van der Waals surface area contributed by atoms with Crippen molar-refractivity contribution in [3.8, 4) is 0 Å². The van der Waals surface area contributed by atoms with Gasteiger partial charge in [-0.15, -0.1) is 0 Å². The number of hydrogen-bond donors (Lipinski definition) is 1. The van der Waals surface area contributed by atoms with Crippen LogP contribution in [0.3, 0.4) is 0 Å². The Kier molecular flexibility index (Phi) is 5.06. The van der Waals surface area contributed by atoms with Gasteiger partial charge >= 0.3 is 5.97 Å². The zero-order valence-corrected chi connectivity index (χ0v) is 12.7. The van der Waals surface area contributed by atoms with Crippen LogP contribution in [-0.2, 0) is 14.3 Å². The van der Waals surface area contributed by atoms with Gasteiger partial charge in [0.2, 0.25) is 5.91 Å². The summed E-state index contributed by atoms with van der Waals surface area (Å²) in [5, 5.41) is 2.88. The maximum atomic E-state index is 12.4. The Morgan fingerprint density at radius 1 is 1.45 bits per heavy atom. The van der Waals surface area contributed by atoms with Gasteiger partial charge in [-0.05, 0) is 25.7 Å². The number of esters is 1. The number of fused-ring (bicyclic) bond motifs is 2. The van der Waals surface area contributed by atoms with E-state index in [1.807, 2.05) is 0 Å². The Morgan fingerprint density at radius 2 is 2.25 bits per heavy atom. The van der Waals surface area contributed by atoms with E-state index >= 15 is 0 Å². The van der Waals surface area contributed by atoms with E-state index in [2.05, 4.69) is 19.2 Å². The van der Waals surface area contributed by atoms with Crippen LogP contribution < -0.4 is 5.32 Å². The molecule has 1 N–H and O–H groups in total. The van der Waals surface area contributed by atoms with Gasteiger partial charge in [-0.2, -0.15) is 0 Å². The number of hydrogen-bond acceptors (Lipinski definition) is 3. The number of carbonyl (C=O) groups excluding carboxylic acids is 2. The summed E-state index contributed by atoms with van der Waals surface area (Å²) >= 11 is 0. The molecular weight excluding hydrogens is 254 g/mol. The van der Waals surface area contributed by atoms with Gasteiger partial charge in [0.25, 0.3) is 0 Å². The van der Waals surface area contributed by atoms with Gasteiger partial charge < -0.3 is 10.1 Å². The molecule has 0 spiro atoms. The fourth-order valence-corrected chi connectivity index (χ4v) is 3.42. The van der Waals surface area contributed by atoms with Crippen molar-refractivity contribution in [3.05, 3.63) is 0 Å². The summed E-state index contributed by atoms with van der Waals surface area (Å²) in [5.74, 6) is 0.147. The lowest BCUT2D eigenvalue weighted by molar-refractivity contribution is -0.167. The molecule has 1 saturated carbocycles. The predicted octanol–water partition coefficient (Wildman–Crippen LogP) is 2.80. The van der Waals surface area contributed by atoms with E-state index in [0.29, 0.717) is 6.54 Å². The number of rotatable bonds is 7. The topological polar surface area (TPSA) is 55.4 Å². The first kappa shape index (κ1) is 15.3. The van der Waals surface area contributed by atoms with Crippen LogP contribution in [-0.4, -0.2) is 24.0 Å². The van der Waals surface area contributed by atoms with E-state index < -0.39 is 5.60 Å². The van der Waals surface area contributed by atoms with E-state index in [1.165, 1.54) is 12.8 Å². The van der Waals surface area contributed by atoms with Crippen molar-refractivity contribution < 1.29 is 14.3 Å². The fourth-order valence-electron chi connectivity index (χ4n) is 3.42. The van der Waals surface area contributed by atoms with Crippen molar-refractivity contribution in [1.82, 2.24) is 5.32 Å². The Morgan fingerprint density at radius 3 is 2.95 bits per heavy atom. The minimum atomic E-state index is -0.409. The summed E-state index contributed by atoms with van der Waals surface area (Å²) in [6.07, 6.45) is 7.60. The standard InChI is InChI=1S/C16H27NO3/c1-3-5-6-7-12(4-2)15(19)20-16-9-8-13(10-16)14(18)17-11-16/h12-13H,3-11H2,1-2H3,(H,17,18). The average Bonchev–Trinajstić information content (AvgIpc) is 2.79. The van der Waals surface area contributed by atoms with Gasteiger partial charge in [0.05, 0.1) is 12.5 Å². The molecular formula is C16H27NO3. The lowest BCUT2D eigenvalue weighted by Gasteiger charge is -2.34. The van der Waals surface area contributed by atoms with Gasteiger partial charge in [0, 0.05) is 12.3 Å². The molecule has 1 saturated heterocycles. The van der Waals surface area contributed by atoms with Crippen LogP contribution in [0.25, 0.3) is 0 Å². The van der Waals surface area contributed by atoms with Gasteiger partial charge in [0.1, 0.15) is 5.60 Å². The third-order valence-corrected chi connectivity index (χ3v) is 4.82. The number of carbonyl (C=O) groups is 2. The van der Waals surface area contributed by atoms with Crippen LogP contribution in [0, 0.1) is 11.8 Å². The SMILES string of the molecule is CCCCCC(CC)C(=O)OC12CCC(C1)C(=O)NC2. The maximum Gasteiger partial charge on any atom is 0.309 e. The molecule has 0 aromatic carbocycles. The maximum absolute atomic E-state index is 12.4. The highest BCUT2D eigenvalue weighted by Gasteiger charge is 2.49. The minimum Gasteiger partial charge on any atom is -0.457 e. The highest BCUT2D eigenvalue weighted by molar-refractivity contribution is 5.81. The summed E-state index contributed by atoms with van der Waals surface area (Å²) in [5.41, 5.74) is -0.409. The molecule has 20 heavy (non-hydrogen) atoms. The lowest BCUT2D eigenvalue weighted by atomic mass is 9.94. The van der Waals surface area contributed by atoms with E-state index in [9.17, 15) is 9.59 Å². The molecule has 2 fully saturated rings. The summed E-state index contributed by atoms with van der Waals surface area (Å²) in [6.45, 7) is 4.72. The van der Waals surface area contributed by atoms with E-state index in [-0.39, 0.29) is 23.7 Å². The fraction of sp³-hybridized carbons (Fsp3) is 0.875. The second kappa shape index (κ2) is 6.59. The molecule has 4 heteroatoms. The third-order valence-electron chi connectivity index (χ3n) is 4.82. The van der Waals surface area contributed by atoms with E-state index in [4.69, 9.17) is 4.74 Å². The van der Waals surface area contributed by atoms with Crippen molar-refractivity contribution >= 4 is 11.9 Å². The highest BCUT2D eigenvalue weighted by Crippen LogP contribution is 2.40. The highest BCUT2D eigenvalue weighted by atomic mass is 16.6. The monoisotopic (exact) mass is 281 g/mol. The number of nitrogens with one attached hydrogen (secondary N) is 1. The van der Waals surface area contributed by atoms with E-state index in [0.717, 1.165) is 38.5 Å². The molecule has 4 nitrogen and oxygen atoms in total. The molecule has 2 aliphatic rings. The van der Waals surface area contributed by atoms with Crippen molar-refractivity contribution in [3.63, 3.8) is 0 Å². The van der Waals surface area contributed by atoms with Gasteiger partial charge in [-0.25, -0.2) is 0 Å². The van der Waals surface area contributed by atoms with Crippen molar-refractivity contribution in [1.29, 1.82) is 0 Å². The third kappa shape index (κ3) is 3.33. The molecule has 1 amide bonds. The first-order chi connectivity index (χ1) is 9.60. The van der Waals surface area contributed by atoms with E-state index in [1.54, 1.807) is 0 Å². The minimum absolute atomic E-state index is 0.0209. The van der Waals surface area contributed by atoms with Crippen molar-refractivity contribution in [2.24, 2.45) is 11.8 Å². The van der Waals surface area contributed by atoms with Crippen LogP contribution in [0.15, 0.2) is 0 Å². The zero-order valence-electron chi connectivity index (χ0n) is 12.7. The largest absolute Gasteiger partial charge is 0.457 e. The van der Waals surface area contributed by atoms with Gasteiger partial charge in [-0.1, -0.05) is 33.1 Å². The Balaban J connectivity index is 1.88. The molecule has 114 valence electrons. The Labute approximate surface area is 121 Å². The molecule has 3 atom stereocenters. The normalized spacial score (nSPS) is 29.9. The molecule has 0 aromatic rings. The van der Waals surface area contributed by atoms with Crippen molar-refractivity contribution in [2.75, 3.05) is 6.54 Å². The lowest BCUT2D eigenvalue weighted by Crippen LogP contribution is -2.50. The van der Waals surface area contributed by atoms with Crippen molar-refractivity contribution in [2.45, 2.75) is 70.8 Å². The average molecular weight is 281 g/mol. The smallest absolute Gasteiger partial charge is 0.309 e. The number of piperidine rings is 1. The number of ether oxygens (including phenoxy) is 1. The summed E-state index contributed by atoms with van der Waals surface area (Å²) < 4.78 is 5.85. The second-order valence-electron chi connectivity index (χ2n) is 6.36. The molecule has 0 aromatic heterocycles. The molecule has 1 aliphatic heterocycles. The Bertz CT molecular complexity index is 369. The van der Waals surface area contributed by atoms with Gasteiger partial charge in [-0.3, -0.25) is 9.59 Å². The van der Waals surface area contributed by atoms with Crippen LogP contribution in [0.4, 0.5) is 0 Å². The first-order valence-corrected chi connectivity index (χ1v) is 8.11. The van der Waals surface area contributed by atoms with Gasteiger partial charge in [0.15, 0.2) is 0 Å². The number of amides is 1. The number of unbranched alkanes of at least 4 members (excludes halogenated alkanes) is 2. The first-order valence-electron chi connectivity index (χ1n) is 8.11.